The monoisotopic (exact) mass is 276 g/mol. The maximum absolute atomic E-state index is 11.0. The number of carboxylic acids is 1. The van der Waals surface area contributed by atoms with Crippen molar-refractivity contribution < 1.29 is 14.6 Å². The van der Waals surface area contributed by atoms with Crippen LogP contribution >= 0.6 is 11.6 Å². The summed E-state index contributed by atoms with van der Waals surface area (Å²) in [6, 6.07) is 10.3. The van der Waals surface area contributed by atoms with Crippen molar-refractivity contribution in [2.75, 3.05) is 7.11 Å². The Bertz CT molecular complexity index is 635. The molecule has 0 radical (unpaired) electrons. The van der Waals surface area contributed by atoms with E-state index in [0.29, 0.717) is 16.3 Å². The number of aromatic carboxylic acids is 1. The third kappa shape index (κ3) is 2.71. The van der Waals surface area contributed by atoms with E-state index in [4.69, 9.17) is 21.4 Å². The lowest BCUT2D eigenvalue weighted by Crippen LogP contribution is -1.97. The largest absolute Gasteiger partial charge is 0.496 e. The molecule has 2 rings (SSSR count). The molecule has 1 N–H and O–H groups in total. The van der Waals surface area contributed by atoms with Gasteiger partial charge in [-0.15, -0.1) is 0 Å². The van der Waals surface area contributed by atoms with Crippen LogP contribution in [-0.4, -0.2) is 18.2 Å². The van der Waals surface area contributed by atoms with Crippen LogP contribution in [0.2, 0.25) is 5.02 Å². The van der Waals surface area contributed by atoms with E-state index in [1.807, 2.05) is 25.1 Å². The lowest BCUT2D eigenvalue weighted by molar-refractivity contribution is 0.0697. The van der Waals surface area contributed by atoms with Crippen molar-refractivity contribution in [1.29, 1.82) is 0 Å². The molecule has 0 saturated carbocycles. The Balaban J connectivity index is 2.67. The van der Waals surface area contributed by atoms with Crippen molar-refractivity contribution in [1.82, 2.24) is 0 Å². The highest BCUT2D eigenvalue weighted by Gasteiger charge is 2.13. The topological polar surface area (TPSA) is 46.5 Å². The Morgan fingerprint density at radius 3 is 2.53 bits per heavy atom. The van der Waals surface area contributed by atoms with Crippen molar-refractivity contribution in [2.45, 2.75) is 6.92 Å². The van der Waals surface area contributed by atoms with Crippen molar-refractivity contribution in [3.8, 4) is 16.9 Å². The highest BCUT2D eigenvalue weighted by Crippen LogP contribution is 2.36. The Morgan fingerprint density at radius 2 is 1.89 bits per heavy atom. The fourth-order valence-corrected chi connectivity index (χ4v) is 2.12. The van der Waals surface area contributed by atoms with Crippen LogP contribution in [0.5, 0.6) is 5.75 Å². The molecule has 2 aromatic carbocycles. The molecule has 0 unspecified atom stereocenters. The maximum atomic E-state index is 11.0. The summed E-state index contributed by atoms with van der Waals surface area (Å²) in [5.41, 5.74) is 2.69. The second-order valence-electron chi connectivity index (χ2n) is 4.20. The van der Waals surface area contributed by atoms with Gasteiger partial charge in [-0.25, -0.2) is 4.79 Å². The molecular formula is C15H13ClO3. The third-order valence-corrected chi connectivity index (χ3v) is 3.19. The normalized spacial score (nSPS) is 10.3. The highest BCUT2D eigenvalue weighted by molar-refractivity contribution is 6.33. The molecule has 0 aliphatic rings. The summed E-state index contributed by atoms with van der Waals surface area (Å²) in [5.74, 6) is -0.320. The molecule has 3 nitrogen and oxygen atoms in total. The first-order valence-corrected chi connectivity index (χ1v) is 6.08. The summed E-state index contributed by atoms with van der Waals surface area (Å²) in [5, 5.41) is 9.55. The van der Waals surface area contributed by atoms with Crippen LogP contribution in [0, 0.1) is 6.92 Å². The van der Waals surface area contributed by atoms with Gasteiger partial charge in [0.25, 0.3) is 0 Å². The SMILES string of the molecule is COc1ccc(C)cc1-c1cc(C(=O)O)ccc1Cl. The van der Waals surface area contributed by atoms with Crippen LogP contribution in [0.3, 0.4) is 0 Å². The lowest BCUT2D eigenvalue weighted by atomic mass is 10.00. The van der Waals surface area contributed by atoms with Gasteiger partial charge in [-0.1, -0.05) is 23.2 Å². The molecule has 0 atom stereocenters. The standard InChI is InChI=1S/C15H13ClO3/c1-9-3-6-14(19-2)12(7-9)11-8-10(15(17)18)4-5-13(11)16/h3-8H,1-2H3,(H,17,18). The summed E-state index contributed by atoms with van der Waals surface area (Å²) >= 11 is 6.17. The number of hydrogen-bond acceptors (Lipinski definition) is 2. The van der Waals surface area contributed by atoms with Crippen molar-refractivity contribution in [3.63, 3.8) is 0 Å². The van der Waals surface area contributed by atoms with Crippen LogP contribution in [0.25, 0.3) is 11.1 Å². The molecule has 19 heavy (non-hydrogen) atoms. The zero-order chi connectivity index (χ0) is 14.0. The van der Waals surface area contributed by atoms with Gasteiger partial charge >= 0.3 is 5.97 Å². The smallest absolute Gasteiger partial charge is 0.335 e. The average Bonchev–Trinajstić information content (AvgIpc) is 2.39. The van der Waals surface area contributed by atoms with Crippen molar-refractivity contribution in [3.05, 3.63) is 52.5 Å². The van der Waals surface area contributed by atoms with Gasteiger partial charge in [0.05, 0.1) is 12.7 Å². The Kier molecular flexibility index (Phi) is 3.76. The number of aryl methyl sites for hydroxylation is 1. The summed E-state index contributed by atoms with van der Waals surface area (Å²) in [6.07, 6.45) is 0. The van der Waals surface area contributed by atoms with Crippen molar-refractivity contribution in [2.24, 2.45) is 0 Å². The Hall–Kier alpha value is -2.00. The van der Waals surface area contributed by atoms with E-state index in [1.54, 1.807) is 19.2 Å². The van der Waals surface area contributed by atoms with Gasteiger partial charge in [0.15, 0.2) is 0 Å². The van der Waals surface area contributed by atoms with E-state index >= 15 is 0 Å². The van der Waals surface area contributed by atoms with Gasteiger partial charge in [-0.05, 0) is 37.3 Å². The van der Waals surface area contributed by atoms with E-state index in [1.165, 1.54) is 6.07 Å². The quantitative estimate of drug-likeness (QED) is 0.921. The third-order valence-electron chi connectivity index (χ3n) is 2.86. The van der Waals surface area contributed by atoms with Gasteiger partial charge in [-0.3, -0.25) is 0 Å². The molecule has 0 aromatic heterocycles. The van der Waals surface area contributed by atoms with Crippen molar-refractivity contribution >= 4 is 17.6 Å². The minimum Gasteiger partial charge on any atom is -0.496 e. The van der Waals surface area contributed by atoms with Gasteiger partial charge in [-0.2, -0.15) is 0 Å². The van der Waals surface area contributed by atoms with Gasteiger partial charge < -0.3 is 9.84 Å². The molecule has 0 fully saturated rings. The van der Waals surface area contributed by atoms with Crippen LogP contribution < -0.4 is 4.74 Å². The van der Waals surface area contributed by atoms with Gasteiger partial charge in [0.2, 0.25) is 0 Å². The molecular weight excluding hydrogens is 264 g/mol. The van der Waals surface area contributed by atoms with E-state index in [2.05, 4.69) is 0 Å². The Labute approximate surface area is 116 Å². The highest BCUT2D eigenvalue weighted by atomic mass is 35.5. The predicted molar refractivity (Wildman–Crippen MR) is 75.1 cm³/mol. The molecule has 0 aliphatic heterocycles. The molecule has 0 heterocycles. The average molecular weight is 277 g/mol. The summed E-state index contributed by atoms with van der Waals surface area (Å²) < 4.78 is 5.30. The number of rotatable bonds is 3. The molecule has 4 heteroatoms. The van der Waals surface area contributed by atoms with Crippen LogP contribution in [0.1, 0.15) is 15.9 Å². The molecule has 98 valence electrons. The molecule has 0 bridgehead atoms. The number of halogens is 1. The van der Waals surface area contributed by atoms with Gasteiger partial charge in [0, 0.05) is 16.1 Å². The van der Waals surface area contributed by atoms with Crippen LogP contribution in [0.15, 0.2) is 36.4 Å². The minimum atomic E-state index is -0.982. The molecule has 0 saturated heterocycles. The number of ether oxygens (including phenoxy) is 1. The first-order valence-electron chi connectivity index (χ1n) is 5.71. The van der Waals surface area contributed by atoms with E-state index in [0.717, 1.165) is 11.1 Å². The molecule has 0 aliphatic carbocycles. The molecule has 0 amide bonds. The number of carboxylic acid groups (broad SMARTS) is 1. The van der Waals surface area contributed by atoms with E-state index < -0.39 is 5.97 Å². The second kappa shape index (κ2) is 5.33. The second-order valence-corrected chi connectivity index (χ2v) is 4.61. The minimum absolute atomic E-state index is 0.197. The van der Waals surface area contributed by atoms with Gasteiger partial charge in [0.1, 0.15) is 5.75 Å². The van der Waals surface area contributed by atoms with Crippen LogP contribution in [-0.2, 0) is 0 Å². The van der Waals surface area contributed by atoms with E-state index in [9.17, 15) is 4.79 Å². The fourth-order valence-electron chi connectivity index (χ4n) is 1.90. The number of methoxy groups -OCH3 is 1. The predicted octanol–water partition coefficient (Wildman–Crippen LogP) is 4.02. The number of benzene rings is 2. The van der Waals surface area contributed by atoms with E-state index in [-0.39, 0.29) is 5.56 Å². The first kappa shape index (κ1) is 13.4. The van der Waals surface area contributed by atoms with Crippen LogP contribution in [0.4, 0.5) is 0 Å². The number of hydrogen-bond donors (Lipinski definition) is 1. The molecule has 0 spiro atoms. The first-order chi connectivity index (χ1) is 9.02. The number of carbonyl (C=O) groups is 1. The summed E-state index contributed by atoms with van der Waals surface area (Å²) in [7, 11) is 1.57. The zero-order valence-electron chi connectivity index (χ0n) is 10.6. The zero-order valence-corrected chi connectivity index (χ0v) is 11.4. The fraction of sp³-hybridized carbons (Fsp3) is 0.133. The lowest BCUT2D eigenvalue weighted by Gasteiger charge is -2.12. The summed E-state index contributed by atoms with van der Waals surface area (Å²) in [6.45, 7) is 1.96. The summed E-state index contributed by atoms with van der Waals surface area (Å²) in [4.78, 5) is 11.0. The Morgan fingerprint density at radius 1 is 1.16 bits per heavy atom. The maximum Gasteiger partial charge on any atom is 0.335 e. The molecule has 2 aromatic rings.